The maximum Gasteiger partial charge on any atom is 0.123 e. The number of ether oxygens (including phenoxy) is 2. The molecule has 9 nitrogen and oxygen atoms in total. The van der Waals surface area contributed by atoms with Gasteiger partial charge in [-0.15, -0.1) is 49.6 Å². The molecule has 2 fully saturated rings. The van der Waals surface area contributed by atoms with Gasteiger partial charge < -0.3 is 45.6 Å². The number of nitrogens with zero attached hydrogens (tertiary/aromatic N) is 2. The molecule has 0 amide bonds. The number of hydrogen-bond donors (Lipinski definition) is 4. The molecule has 388 valence electrons. The second kappa shape index (κ2) is 32.3. The van der Waals surface area contributed by atoms with Crippen molar-refractivity contribution in [3.05, 3.63) is 192 Å². The average molecular weight is 1070 g/mol. The fourth-order valence-electron chi connectivity index (χ4n) is 8.80. The van der Waals surface area contributed by atoms with Gasteiger partial charge in [0.2, 0.25) is 0 Å². The molecule has 71 heavy (non-hydrogen) atoms. The van der Waals surface area contributed by atoms with E-state index in [0.717, 1.165) is 85.9 Å². The van der Waals surface area contributed by atoms with Crippen LogP contribution in [0.1, 0.15) is 48.9 Å². The van der Waals surface area contributed by atoms with Crippen LogP contribution in [-0.4, -0.2) is 90.2 Å². The SMILES string of the molecule is Cl.Cl.Cl.Cl.O.OC(COc1ccccc1)CN1CCC(C(Nc2ccc(F)cc2)c2ccc(F)cc2)CC1.OC(COc1ccccc1)CN1CCC(C(Nc2ccc(F)cc2)c2ccc(F)cc2)CC1. The molecule has 17 heteroatoms. The number of β-amino-alcohol motifs (C(OH)–C–C–N with tert-alkyl or cyclic N) is 2. The van der Waals surface area contributed by atoms with E-state index in [1.807, 2.05) is 84.9 Å². The van der Waals surface area contributed by atoms with E-state index in [1.165, 1.54) is 48.5 Å². The highest BCUT2D eigenvalue weighted by atomic mass is 35.5. The summed E-state index contributed by atoms with van der Waals surface area (Å²) in [5.41, 5.74) is 3.69. The minimum absolute atomic E-state index is 0. The van der Waals surface area contributed by atoms with Crippen LogP contribution in [0.2, 0.25) is 0 Å². The van der Waals surface area contributed by atoms with Gasteiger partial charge in [-0.25, -0.2) is 17.6 Å². The van der Waals surface area contributed by atoms with E-state index in [9.17, 15) is 27.8 Å². The Balaban J connectivity index is 0.000000455. The Morgan fingerprint density at radius 2 is 0.718 bits per heavy atom. The molecule has 2 saturated heterocycles. The molecule has 2 heterocycles. The molecule has 8 rings (SSSR count). The molecule has 0 radical (unpaired) electrons. The van der Waals surface area contributed by atoms with Crippen LogP contribution in [0.15, 0.2) is 158 Å². The smallest absolute Gasteiger partial charge is 0.123 e. The molecule has 2 aliphatic heterocycles. The first kappa shape index (κ1) is 62.3. The number of likely N-dealkylation sites (tertiary alicyclic amines) is 2. The van der Waals surface area contributed by atoms with Crippen LogP contribution in [0.5, 0.6) is 11.5 Å². The zero-order chi connectivity index (χ0) is 46.1. The lowest BCUT2D eigenvalue weighted by atomic mass is 9.85. The van der Waals surface area contributed by atoms with Crippen LogP contribution in [0, 0.1) is 35.1 Å². The molecule has 0 saturated carbocycles. The largest absolute Gasteiger partial charge is 0.491 e. The third-order valence-corrected chi connectivity index (χ3v) is 12.3. The Morgan fingerprint density at radius 1 is 0.437 bits per heavy atom. The monoisotopic (exact) mass is 1070 g/mol. The standard InChI is InChI=1S/2C27H30F2N2O2.4ClH.H2O/c2*28-22-8-6-20(7-9-22)27(30-24-12-10-23(29)11-13-24)21-14-16-31(17-15-21)18-25(32)19-33-26-4-2-1-3-5-26;;;;;/h2*1-13,21,25,27,30,32H,14-19H2;4*1H;1H2. The third kappa shape index (κ3) is 20.3. The number of anilines is 2. The van der Waals surface area contributed by atoms with E-state index < -0.39 is 12.2 Å². The molecule has 4 unspecified atom stereocenters. The lowest BCUT2D eigenvalue weighted by Crippen LogP contribution is -2.42. The van der Waals surface area contributed by atoms with Crippen molar-refractivity contribution in [1.29, 1.82) is 0 Å². The number of halogens is 8. The number of benzene rings is 6. The summed E-state index contributed by atoms with van der Waals surface area (Å²) in [4.78, 5) is 4.52. The molecule has 4 atom stereocenters. The van der Waals surface area contributed by atoms with Crippen LogP contribution in [-0.2, 0) is 0 Å². The highest BCUT2D eigenvalue weighted by Gasteiger charge is 2.30. The van der Waals surface area contributed by atoms with Gasteiger partial charge in [0.1, 0.15) is 60.2 Å². The summed E-state index contributed by atoms with van der Waals surface area (Å²) in [6, 6.07) is 44.8. The Labute approximate surface area is 439 Å². The zero-order valence-corrected chi connectivity index (χ0v) is 42.5. The maximum absolute atomic E-state index is 13.5. The predicted molar refractivity (Wildman–Crippen MR) is 285 cm³/mol. The van der Waals surface area contributed by atoms with Gasteiger partial charge >= 0.3 is 0 Å². The van der Waals surface area contributed by atoms with E-state index in [-0.39, 0.29) is 104 Å². The van der Waals surface area contributed by atoms with Crippen LogP contribution < -0.4 is 20.1 Å². The van der Waals surface area contributed by atoms with Gasteiger partial charge in [-0.3, -0.25) is 0 Å². The maximum atomic E-state index is 13.5. The first-order valence-electron chi connectivity index (χ1n) is 22.8. The molecule has 2 aliphatic rings. The van der Waals surface area contributed by atoms with Crippen molar-refractivity contribution < 1.29 is 42.7 Å². The first-order valence-corrected chi connectivity index (χ1v) is 22.8. The fourth-order valence-corrected chi connectivity index (χ4v) is 8.80. The van der Waals surface area contributed by atoms with Gasteiger partial charge in [-0.2, -0.15) is 0 Å². The Bertz CT molecular complexity index is 2140. The Kier molecular flexibility index (Phi) is 28.4. The van der Waals surface area contributed by atoms with Crippen molar-refractivity contribution in [1.82, 2.24) is 9.80 Å². The van der Waals surface area contributed by atoms with E-state index in [1.54, 1.807) is 24.3 Å². The van der Waals surface area contributed by atoms with Crippen LogP contribution in [0.4, 0.5) is 28.9 Å². The van der Waals surface area contributed by atoms with Crippen LogP contribution in [0.3, 0.4) is 0 Å². The van der Waals surface area contributed by atoms with E-state index in [0.29, 0.717) is 24.9 Å². The lowest BCUT2D eigenvalue weighted by molar-refractivity contribution is 0.0534. The number of para-hydroxylation sites is 2. The number of aliphatic hydroxyl groups excluding tert-OH is 2. The fraction of sp³-hybridized carbons (Fsp3) is 0.333. The van der Waals surface area contributed by atoms with E-state index >= 15 is 0 Å². The number of nitrogens with one attached hydrogen (secondary N) is 2. The third-order valence-electron chi connectivity index (χ3n) is 12.3. The van der Waals surface area contributed by atoms with Crippen molar-refractivity contribution in [2.45, 2.75) is 50.0 Å². The minimum Gasteiger partial charge on any atom is -0.491 e. The highest BCUT2D eigenvalue weighted by molar-refractivity contribution is 5.86. The molecule has 6 N–H and O–H groups in total. The summed E-state index contributed by atoms with van der Waals surface area (Å²) in [7, 11) is 0. The van der Waals surface area contributed by atoms with Gasteiger partial charge in [0.15, 0.2) is 0 Å². The highest BCUT2D eigenvalue weighted by Crippen LogP contribution is 2.36. The normalized spacial score (nSPS) is 15.6. The van der Waals surface area contributed by atoms with Crippen molar-refractivity contribution >= 4 is 61.0 Å². The lowest BCUT2D eigenvalue weighted by Gasteiger charge is -2.37. The first-order chi connectivity index (χ1) is 32.1. The molecule has 0 spiro atoms. The second-order valence-electron chi connectivity index (χ2n) is 17.2. The molecule has 6 aromatic rings. The quantitative estimate of drug-likeness (QED) is 0.0628. The van der Waals surface area contributed by atoms with Gasteiger partial charge in [0.05, 0.1) is 12.1 Å². The molecule has 0 aliphatic carbocycles. The number of hydrogen-bond acceptors (Lipinski definition) is 8. The average Bonchev–Trinajstić information content (AvgIpc) is 3.34. The zero-order valence-electron chi connectivity index (χ0n) is 39.2. The Hall–Kier alpha value is -4.80. The van der Waals surface area contributed by atoms with Crippen LogP contribution in [0.25, 0.3) is 0 Å². The van der Waals surface area contributed by atoms with Crippen LogP contribution >= 0.6 is 49.6 Å². The van der Waals surface area contributed by atoms with Crippen molar-refractivity contribution in [2.75, 3.05) is 63.1 Å². The summed E-state index contributed by atoms with van der Waals surface area (Å²) in [6.45, 7) is 5.07. The topological polar surface area (TPSA) is 121 Å². The summed E-state index contributed by atoms with van der Waals surface area (Å²) in [6.07, 6.45) is 2.61. The summed E-state index contributed by atoms with van der Waals surface area (Å²) < 4.78 is 65.0. The summed E-state index contributed by atoms with van der Waals surface area (Å²) in [5.74, 6) is 1.09. The van der Waals surface area contributed by atoms with Gasteiger partial charge in [-0.1, -0.05) is 60.7 Å². The minimum atomic E-state index is -0.563. The van der Waals surface area contributed by atoms with Crippen molar-refractivity contribution in [2.24, 2.45) is 11.8 Å². The number of piperidine rings is 2. The van der Waals surface area contributed by atoms with Crippen molar-refractivity contribution in [3.8, 4) is 11.5 Å². The molecule has 0 bridgehead atoms. The molecule has 0 aromatic heterocycles. The van der Waals surface area contributed by atoms with E-state index in [4.69, 9.17) is 9.47 Å². The number of rotatable bonds is 18. The van der Waals surface area contributed by atoms with Gasteiger partial charge in [-0.05, 0) is 172 Å². The summed E-state index contributed by atoms with van der Waals surface area (Å²) >= 11 is 0. The van der Waals surface area contributed by atoms with Gasteiger partial charge in [0.25, 0.3) is 0 Å². The van der Waals surface area contributed by atoms with Gasteiger partial charge in [0, 0.05) is 24.5 Å². The molecular formula is C54H66Cl4F4N4O5. The van der Waals surface area contributed by atoms with E-state index in [2.05, 4.69) is 20.4 Å². The number of aliphatic hydroxyl groups is 2. The second-order valence-corrected chi connectivity index (χ2v) is 17.2. The molecule has 6 aromatic carbocycles. The molecular weight excluding hydrogens is 1000 g/mol. The Morgan fingerprint density at radius 3 is 1.01 bits per heavy atom. The predicted octanol–water partition coefficient (Wildman–Crippen LogP) is 11.4. The van der Waals surface area contributed by atoms with Crippen molar-refractivity contribution in [3.63, 3.8) is 0 Å². The summed E-state index contributed by atoms with van der Waals surface area (Å²) in [5, 5.41) is 27.9.